The molecule has 0 saturated carbocycles. The summed E-state index contributed by atoms with van der Waals surface area (Å²) in [7, 11) is 0. The van der Waals surface area contributed by atoms with E-state index in [1.807, 2.05) is 19.1 Å². The number of nitrogens with one attached hydrogen (secondary N) is 2. The third-order valence-corrected chi connectivity index (χ3v) is 5.88. The van der Waals surface area contributed by atoms with Crippen LogP contribution in [0, 0.1) is 6.92 Å². The molecular weight excluding hydrogens is 510 g/mol. The first-order valence-corrected chi connectivity index (χ1v) is 12.9. The second-order valence-corrected chi connectivity index (χ2v) is 9.24. The molecule has 2 aromatic carbocycles. The lowest BCUT2D eigenvalue weighted by Crippen LogP contribution is -2.34. The molecule has 2 amide bonds. The minimum atomic E-state index is -0.479. The number of hydrogen-bond acceptors (Lipinski definition) is 5. The van der Waals surface area contributed by atoms with E-state index in [4.69, 9.17) is 4.74 Å². The van der Waals surface area contributed by atoms with E-state index in [1.165, 1.54) is 31.9 Å². The number of carbonyl (C=O) groups excluding carboxylic acids is 3. The lowest BCUT2D eigenvalue weighted by molar-refractivity contribution is -0.126. The van der Waals surface area contributed by atoms with Crippen LogP contribution in [0.3, 0.4) is 0 Å². The van der Waals surface area contributed by atoms with Gasteiger partial charge in [-0.05, 0) is 43.2 Å². The van der Waals surface area contributed by atoms with Crippen LogP contribution in [0.4, 0.5) is 0 Å². The molecule has 8 heteroatoms. The average molecular weight is 544 g/mol. The van der Waals surface area contributed by atoms with Gasteiger partial charge >= 0.3 is 5.97 Å². The number of amides is 2. The van der Waals surface area contributed by atoms with E-state index < -0.39 is 11.9 Å². The Labute approximate surface area is 215 Å². The third kappa shape index (κ3) is 10.9. The highest BCUT2D eigenvalue weighted by atomic mass is 79.9. The van der Waals surface area contributed by atoms with Crippen LogP contribution in [0.2, 0.25) is 0 Å². The van der Waals surface area contributed by atoms with Crippen LogP contribution in [0.15, 0.2) is 52.0 Å². The summed E-state index contributed by atoms with van der Waals surface area (Å²) in [6, 6.07) is 12.3. The molecule has 0 unspecified atom stereocenters. The molecule has 0 bridgehead atoms. The first kappa shape index (κ1) is 28.2. The Bertz CT molecular complexity index is 1020. The number of halogens is 1. The molecule has 2 N–H and O–H groups in total. The molecule has 0 aliphatic carbocycles. The second-order valence-electron chi connectivity index (χ2n) is 8.33. The molecular formula is C27H34BrN3O4. The molecule has 35 heavy (non-hydrogen) atoms. The van der Waals surface area contributed by atoms with Gasteiger partial charge in [-0.2, -0.15) is 5.10 Å². The van der Waals surface area contributed by atoms with Gasteiger partial charge in [-0.3, -0.25) is 9.59 Å². The first-order chi connectivity index (χ1) is 16.9. The fourth-order valence-corrected chi connectivity index (χ4v) is 3.77. The van der Waals surface area contributed by atoms with Gasteiger partial charge in [0.2, 0.25) is 5.91 Å². The predicted octanol–water partition coefficient (Wildman–Crippen LogP) is 5.68. The van der Waals surface area contributed by atoms with Crippen molar-refractivity contribution < 1.29 is 19.1 Å². The maximum Gasteiger partial charge on any atom is 0.343 e. The minimum Gasteiger partial charge on any atom is -0.422 e. The number of ether oxygens (including phenoxy) is 1. The number of nitrogens with zero attached hydrogens (tertiary/aromatic N) is 1. The Balaban J connectivity index is 1.79. The molecule has 7 nitrogen and oxygen atoms in total. The highest BCUT2D eigenvalue weighted by molar-refractivity contribution is 9.10. The van der Waals surface area contributed by atoms with Gasteiger partial charge in [0.05, 0.1) is 18.3 Å². The van der Waals surface area contributed by atoms with Crippen LogP contribution in [0.25, 0.3) is 0 Å². The summed E-state index contributed by atoms with van der Waals surface area (Å²) >= 11 is 3.38. The molecule has 0 fully saturated rings. The van der Waals surface area contributed by atoms with E-state index in [0.29, 0.717) is 23.3 Å². The van der Waals surface area contributed by atoms with Crippen LogP contribution >= 0.6 is 15.9 Å². The van der Waals surface area contributed by atoms with Crippen molar-refractivity contribution >= 4 is 39.9 Å². The molecule has 0 radical (unpaired) electrons. The highest BCUT2D eigenvalue weighted by Gasteiger charge is 2.13. The fourth-order valence-electron chi connectivity index (χ4n) is 3.39. The van der Waals surface area contributed by atoms with E-state index in [9.17, 15) is 14.4 Å². The van der Waals surface area contributed by atoms with Crippen LogP contribution in [-0.2, 0) is 9.59 Å². The van der Waals surface area contributed by atoms with Crippen molar-refractivity contribution in [2.45, 2.75) is 65.2 Å². The van der Waals surface area contributed by atoms with E-state index in [-0.39, 0.29) is 12.5 Å². The average Bonchev–Trinajstić information content (AvgIpc) is 2.84. The smallest absolute Gasteiger partial charge is 0.343 e. The van der Waals surface area contributed by atoms with E-state index in [0.717, 1.165) is 29.3 Å². The topological polar surface area (TPSA) is 96.9 Å². The largest absolute Gasteiger partial charge is 0.422 e. The molecule has 0 aromatic heterocycles. The minimum absolute atomic E-state index is 0.143. The Morgan fingerprint density at radius 2 is 1.69 bits per heavy atom. The summed E-state index contributed by atoms with van der Waals surface area (Å²) in [6.07, 6.45) is 9.74. The standard InChI is InChI=1S/C27H34BrN3O4/c1-3-4-5-6-7-8-9-14-25(32)29-19-26(33)31-30-18-21-17-22(28)15-16-24(21)35-27(34)23-13-11-10-12-20(23)2/h10-13,15-18H,3-9,14,19H2,1-2H3,(H,29,32)(H,31,33)/b30-18-. The molecule has 0 spiro atoms. The summed E-state index contributed by atoms with van der Waals surface area (Å²) in [6.45, 7) is 3.87. The summed E-state index contributed by atoms with van der Waals surface area (Å²) < 4.78 is 6.32. The summed E-state index contributed by atoms with van der Waals surface area (Å²) in [4.78, 5) is 36.5. The van der Waals surface area contributed by atoms with Gasteiger partial charge in [0.15, 0.2) is 0 Å². The van der Waals surface area contributed by atoms with Gasteiger partial charge in [0, 0.05) is 16.5 Å². The molecule has 188 valence electrons. The summed E-state index contributed by atoms with van der Waals surface area (Å²) in [5.41, 5.74) is 4.17. The number of rotatable bonds is 14. The van der Waals surface area contributed by atoms with Crippen molar-refractivity contribution in [3.05, 3.63) is 63.6 Å². The normalized spacial score (nSPS) is 10.8. The lowest BCUT2D eigenvalue weighted by atomic mass is 10.1. The van der Waals surface area contributed by atoms with E-state index in [1.54, 1.807) is 30.3 Å². The van der Waals surface area contributed by atoms with Crippen molar-refractivity contribution in [1.29, 1.82) is 0 Å². The van der Waals surface area contributed by atoms with Gasteiger partial charge in [0.1, 0.15) is 5.75 Å². The van der Waals surface area contributed by atoms with Crippen LogP contribution in [0.5, 0.6) is 5.75 Å². The Morgan fingerprint density at radius 3 is 2.43 bits per heavy atom. The van der Waals surface area contributed by atoms with Gasteiger partial charge in [-0.25, -0.2) is 10.2 Å². The van der Waals surface area contributed by atoms with Crippen LogP contribution in [-0.4, -0.2) is 30.5 Å². The number of aryl methyl sites for hydroxylation is 1. The number of unbranched alkanes of at least 4 members (excludes halogenated alkanes) is 6. The Kier molecular flexibility index (Phi) is 12.8. The molecule has 2 rings (SSSR count). The number of benzene rings is 2. The zero-order valence-electron chi connectivity index (χ0n) is 20.4. The Hall–Kier alpha value is -3.00. The monoisotopic (exact) mass is 543 g/mol. The number of hydrogen-bond donors (Lipinski definition) is 2. The molecule has 0 atom stereocenters. The molecule has 0 saturated heterocycles. The SMILES string of the molecule is CCCCCCCCCC(=O)NCC(=O)N/N=C\c1cc(Br)ccc1OC(=O)c1ccccc1C. The molecule has 2 aromatic rings. The van der Waals surface area contributed by atoms with E-state index >= 15 is 0 Å². The number of hydrazone groups is 1. The van der Waals surface area contributed by atoms with Gasteiger partial charge in [0.25, 0.3) is 5.91 Å². The van der Waals surface area contributed by atoms with Gasteiger partial charge in [-0.1, -0.05) is 79.6 Å². The van der Waals surface area contributed by atoms with Crippen molar-refractivity contribution in [3.8, 4) is 5.75 Å². The zero-order chi connectivity index (χ0) is 25.5. The van der Waals surface area contributed by atoms with E-state index in [2.05, 4.69) is 38.7 Å². The highest BCUT2D eigenvalue weighted by Crippen LogP contribution is 2.23. The number of esters is 1. The summed E-state index contributed by atoms with van der Waals surface area (Å²) in [5.74, 6) is -0.757. The van der Waals surface area contributed by atoms with Crippen molar-refractivity contribution in [1.82, 2.24) is 10.7 Å². The molecule has 0 heterocycles. The molecule has 0 aliphatic rings. The predicted molar refractivity (Wildman–Crippen MR) is 142 cm³/mol. The second kappa shape index (κ2) is 15.8. The maximum absolute atomic E-state index is 12.6. The zero-order valence-corrected chi connectivity index (χ0v) is 22.0. The van der Waals surface area contributed by atoms with Crippen molar-refractivity contribution in [2.24, 2.45) is 5.10 Å². The Morgan fingerprint density at radius 1 is 0.971 bits per heavy atom. The van der Waals surface area contributed by atoms with Crippen LogP contribution in [0.1, 0.15) is 79.8 Å². The van der Waals surface area contributed by atoms with Gasteiger partial charge in [-0.15, -0.1) is 0 Å². The van der Waals surface area contributed by atoms with Crippen molar-refractivity contribution in [3.63, 3.8) is 0 Å². The first-order valence-electron chi connectivity index (χ1n) is 12.1. The quantitative estimate of drug-likeness (QED) is 0.105. The molecule has 0 aliphatic heterocycles. The van der Waals surface area contributed by atoms with Gasteiger partial charge < -0.3 is 10.1 Å². The van der Waals surface area contributed by atoms with Crippen molar-refractivity contribution in [2.75, 3.05) is 6.54 Å². The third-order valence-electron chi connectivity index (χ3n) is 5.39. The van der Waals surface area contributed by atoms with Crippen LogP contribution < -0.4 is 15.5 Å². The maximum atomic E-state index is 12.6. The lowest BCUT2D eigenvalue weighted by Gasteiger charge is -2.09. The number of carbonyl (C=O) groups is 3. The summed E-state index contributed by atoms with van der Waals surface area (Å²) in [5, 5.41) is 6.55. The fraction of sp³-hybridized carbons (Fsp3) is 0.407.